The number of hydrogen-bond acceptors (Lipinski definition) is 5. The largest absolute Gasteiger partial charge is 0.399 e. The van der Waals surface area contributed by atoms with Crippen molar-refractivity contribution in [1.82, 2.24) is 5.32 Å². The van der Waals surface area contributed by atoms with Crippen molar-refractivity contribution in [3.8, 4) is 0 Å². The third kappa shape index (κ3) is 5.30. The van der Waals surface area contributed by atoms with Gasteiger partial charge in [-0.05, 0) is 36.4 Å². The Morgan fingerprint density at radius 2 is 1.64 bits per heavy atom. The average molecular weight is 343 g/mol. The summed E-state index contributed by atoms with van der Waals surface area (Å²) in [7, 11) is 0. The Bertz CT molecular complexity index is 689. The van der Waals surface area contributed by atoms with Gasteiger partial charge in [0.05, 0.1) is 19.8 Å². The van der Waals surface area contributed by atoms with E-state index in [4.69, 9.17) is 15.6 Å². The molecule has 0 aromatic heterocycles. The van der Waals surface area contributed by atoms with Gasteiger partial charge in [0, 0.05) is 23.6 Å². The van der Waals surface area contributed by atoms with E-state index >= 15 is 0 Å². The SMILES string of the molecule is Nc1ccc(N(C(=O)C(=O)NCCOCCO)c2ccccc2)cc1. The predicted molar refractivity (Wildman–Crippen MR) is 95.4 cm³/mol. The fraction of sp³-hybridized carbons (Fsp3) is 0.222. The minimum Gasteiger partial charge on any atom is -0.399 e. The van der Waals surface area contributed by atoms with Crippen LogP contribution < -0.4 is 16.0 Å². The fourth-order valence-electron chi connectivity index (χ4n) is 2.16. The molecule has 0 aliphatic heterocycles. The molecule has 7 nitrogen and oxygen atoms in total. The maximum Gasteiger partial charge on any atom is 0.320 e. The predicted octanol–water partition coefficient (Wildman–Crippen LogP) is 1.06. The molecule has 0 fully saturated rings. The van der Waals surface area contributed by atoms with Crippen LogP contribution in [0.25, 0.3) is 0 Å². The number of nitrogens with one attached hydrogen (secondary N) is 1. The van der Waals surface area contributed by atoms with Gasteiger partial charge in [-0.3, -0.25) is 14.5 Å². The third-order valence-corrected chi connectivity index (χ3v) is 3.33. The second kappa shape index (κ2) is 9.41. The van der Waals surface area contributed by atoms with E-state index in [9.17, 15) is 9.59 Å². The monoisotopic (exact) mass is 343 g/mol. The van der Waals surface area contributed by atoms with Gasteiger partial charge in [0.2, 0.25) is 0 Å². The number of nitrogen functional groups attached to an aromatic ring is 1. The van der Waals surface area contributed by atoms with Crippen LogP contribution >= 0.6 is 0 Å². The van der Waals surface area contributed by atoms with Crippen LogP contribution in [0.4, 0.5) is 17.1 Å². The molecule has 132 valence electrons. The van der Waals surface area contributed by atoms with Gasteiger partial charge in [-0.1, -0.05) is 18.2 Å². The van der Waals surface area contributed by atoms with Gasteiger partial charge in [0.1, 0.15) is 0 Å². The van der Waals surface area contributed by atoms with Crippen LogP contribution in [-0.2, 0) is 14.3 Å². The Kier molecular flexibility index (Phi) is 6.94. The number of benzene rings is 2. The molecule has 2 aromatic rings. The summed E-state index contributed by atoms with van der Waals surface area (Å²) in [5.41, 5.74) is 7.37. The number of aliphatic hydroxyl groups is 1. The first-order valence-corrected chi connectivity index (χ1v) is 7.85. The standard InChI is InChI=1S/C18H21N3O4/c19-14-6-8-16(9-7-14)21(15-4-2-1-3-5-15)18(24)17(23)20-10-12-25-13-11-22/h1-9,22H,10-13,19H2,(H,20,23). The van der Waals surface area contributed by atoms with Crippen molar-refractivity contribution in [3.05, 3.63) is 54.6 Å². The molecule has 0 heterocycles. The molecular weight excluding hydrogens is 322 g/mol. The molecule has 0 saturated carbocycles. The molecule has 0 bridgehead atoms. The molecule has 2 rings (SSSR count). The molecule has 7 heteroatoms. The minimum absolute atomic E-state index is 0.0915. The summed E-state index contributed by atoms with van der Waals surface area (Å²) >= 11 is 0. The highest BCUT2D eigenvalue weighted by atomic mass is 16.5. The molecular formula is C18H21N3O4. The van der Waals surface area contributed by atoms with Gasteiger partial charge in [-0.25, -0.2) is 0 Å². The van der Waals surface area contributed by atoms with E-state index in [0.29, 0.717) is 17.1 Å². The van der Waals surface area contributed by atoms with Crippen LogP contribution in [0.3, 0.4) is 0 Å². The average Bonchev–Trinajstić information content (AvgIpc) is 2.64. The number of para-hydroxylation sites is 1. The lowest BCUT2D eigenvalue weighted by atomic mass is 10.2. The highest BCUT2D eigenvalue weighted by Gasteiger charge is 2.24. The van der Waals surface area contributed by atoms with E-state index < -0.39 is 11.8 Å². The quantitative estimate of drug-likeness (QED) is 0.396. The second-order valence-electron chi connectivity index (χ2n) is 5.16. The second-order valence-corrected chi connectivity index (χ2v) is 5.16. The maximum atomic E-state index is 12.7. The molecule has 0 aliphatic carbocycles. The van der Waals surface area contributed by atoms with E-state index in [1.807, 2.05) is 6.07 Å². The van der Waals surface area contributed by atoms with E-state index in [2.05, 4.69) is 5.32 Å². The molecule has 0 spiro atoms. The highest BCUT2D eigenvalue weighted by molar-refractivity contribution is 6.42. The van der Waals surface area contributed by atoms with Crippen LogP contribution in [-0.4, -0.2) is 43.3 Å². The van der Waals surface area contributed by atoms with Crippen molar-refractivity contribution < 1.29 is 19.4 Å². The van der Waals surface area contributed by atoms with Gasteiger partial charge >= 0.3 is 11.8 Å². The number of amides is 2. The number of nitrogens with zero attached hydrogens (tertiary/aromatic N) is 1. The molecule has 25 heavy (non-hydrogen) atoms. The lowest BCUT2D eigenvalue weighted by Crippen LogP contribution is -2.42. The zero-order chi connectivity index (χ0) is 18.1. The summed E-state index contributed by atoms with van der Waals surface area (Å²) in [5, 5.41) is 11.1. The fourth-order valence-corrected chi connectivity index (χ4v) is 2.16. The molecule has 2 aromatic carbocycles. The first-order valence-electron chi connectivity index (χ1n) is 7.85. The topological polar surface area (TPSA) is 105 Å². The lowest BCUT2D eigenvalue weighted by Gasteiger charge is -2.22. The van der Waals surface area contributed by atoms with Gasteiger partial charge in [-0.15, -0.1) is 0 Å². The maximum absolute atomic E-state index is 12.7. The third-order valence-electron chi connectivity index (χ3n) is 3.33. The zero-order valence-electron chi connectivity index (χ0n) is 13.7. The molecule has 4 N–H and O–H groups in total. The number of aliphatic hydroxyl groups excluding tert-OH is 1. The van der Waals surface area contributed by atoms with Crippen molar-refractivity contribution >= 4 is 28.9 Å². The van der Waals surface area contributed by atoms with E-state index in [1.165, 1.54) is 4.90 Å². The number of carbonyl (C=O) groups is 2. The first-order chi connectivity index (χ1) is 12.1. The minimum atomic E-state index is -0.742. The summed E-state index contributed by atoms with van der Waals surface area (Å²) in [6.45, 7) is 0.485. The smallest absolute Gasteiger partial charge is 0.320 e. The number of carbonyl (C=O) groups excluding carboxylic acids is 2. The van der Waals surface area contributed by atoms with Gasteiger partial charge in [0.25, 0.3) is 0 Å². The number of rotatable bonds is 7. The molecule has 0 aliphatic rings. The molecule has 0 saturated heterocycles. The van der Waals surface area contributed by atoms with Crippen LogP contribution in [0.5, 0.6) is 0 Å². The van der Waals surface area contributed by atoms with E-state index in [0.717, 1.165) is 0 Å². The summed E-state index contributed by atoms with van der Waals surface area (Å²) in [5.74, 6) is -1.45. The van der Waals surface area contributed by atoms with Crippen molar-refractivity contribution in [2.75, 3.05) is 37.0 Å². The first kappa shape index (κ1) is 18.4. The Morgan fingerprint density at radius 1 is 1.00 bits per heavy atom. The van der Waals surface area contributed by atoms with Crippen molar-refractivity contribution in [2.45, 2.75) is 0 Å². The molecule has 0 unspecified atom stereocenters. The number of nitrogens with two attached hydrogens (primary N) is 1. The number of hydrogen-bond donors (Lipinski definition) is 3. The van der Waals surface area contributed by atoms with Crippen LogP contribution in [0.2, 0.25) is 0 Å². The summed E-state index contributed by atoms with van der Waals surface area (Å²) < 4.78 is 5.05. The summed E-state index contributed by atoms with van der Waals surface area (Å²) in [6, 6.07) is 15.6. The molecule has 0 radical (unpaired) electrons. The van der Waals surface area contributed by atoms with Crippen molar-refractivity contribution in [3.63, 3.8) is 0 Å². The van der Waals surface area contributed by atoms with Crippen molar-refractivity contribution in [1.29, 1.82) is 0 Å². The summed E-state index contributed by atoms with van der Waals surface area (Å²) in [6.07, 6.45) is 0. The molecule has 2 amide bonds. The van der Waals surface area contributed by atoms with Crippen molar-refractivity contribution in [2.24, 2.45) is 0 Å². The van der Waals surface area contributed by atoms with Gasteiger partial charge in [0.15, 0.2) is 0 Å². The highest BCUT2D eigenvalue weighted by Crippen LogP contribution is 2.26. The van der Waals surface area contributed by atoms with Crippen LogP contribution in [0, 0.1) is 0 Å². The molecule has 0 atom stereocenters. The summed E-state index contributed by atoms with van der Waals surface area (Å²) in [4.78, 5) is 26.2. The Labute approximate surface area is 146 Å². The Balaban J connectivity index is 2.13. The van der Waals surface area contributed by atoms with Crippen LogP contribution in [0.15, 0.2) is 54.6 Å². The lowest BCUT2D eigenvalue weighted by molar-refractivity contribution is -0.137. The Hall–Kier alpha value is -2.90. The number of anilines is 3. The van der Waals surface area contributed by atoms with Gasteiger partial charge in [-0.2, -0.15) is 0 Å². The zero-order valence-corrected chi connectivity index (χ0v) is 13.7. The normalized spacial score (nSPS) is 10.3. The number of ether oxygens (including phenoxy) is 1. The van der Waals surface area contributed by atoms with E-state index in [-0.39, 0.29) is 26.4 Å². The van der Waals surface area contributed by atoms with Gasteiger partial charge < -0.3 is 20.9 Å². The Morgan fingerprint density at radius 3 is 2.28 bits per heavy atom. The van der Waals surface area contributed by atoms with Crippen LogP contribution in [0.1, 0.15) is 0 Å². The van der Waals surface area contributed by atoms with E-state index in [1.54, 1.807) is 48.5 Å².